The first-order valence-corrected chi connectivity index (χ1v) is 7.60. The molecular formula is C16H25N3O4. The van der Waals surface area contributed by atoms with Crippen LogP contribution >= 0.6 is 0 Å². The third-order valence-corrected chi connectivity index (χ3v) is 4.45. The molecule has 7 heteroatoms. The number of likely N-dealkylation sites (N-methyl/N-ethyl adjacent to an activating group) is 1. The fourth-order valence-electron chi connectivity index (χ4n) is 2.77. The van der Waals surface area contributed by atoms with Crippen molar-refractivity contribution in [3.63, 3.8) is 0 Å². The van der Waals surface area contributed by atoms with Crippen LogP contribution in [0.25, 0.3) is 6.08 Å². The summed E-state index contributed by atoms with van der Waals surface area (Å²) in [4.78, 5) is 13.9. The summed E-state index contributed by atoms with van der Waals surface area (Å²) in [5.74, 6) is -0.197. The molecule has 0 saturated carbocycles. The average molecular weight is 323 g/mol. The van der Waals surface area contributed by atoms with Crippen molar-refractivity contribution in [3.05, 3.63) is 23.0 Å². The summed E-state index contributed by atoms with van der Waals surface area (Å²) in [5.41, 5.74) is 2.80. The van der Waals surface area contributed by atoms with E-state index in [1.54, 1.807) is 17.8 Å². The number of amides is 1. The lowest BCUT2D eigenvalue weighted by Gasteiger charge is -2.38. The number of hydrogen-bond donors (Lipinski definition) is 1. The van der Waals surface area contributed by atoms with E-state index in [2.05, 4.69) is 5.10 Å². The van der Waals surface area contributed by atoms with Gasteiger partial charge in [-0.2, -0.15) is 5.10 Å². The Morgan fingerprint density at radius 2 is 2.17 bits per heavy atom. The molecule has 1 N–H and O–H groups in total. The Morgan fingerprint density at radius 1 is 1.48 bits per heavy atom. The average Bonchev–Trinajstić information content (AvgIpc) is 2.77. The molecule has 0 aromatic carbocycles. The highest BCUT2D eigenvalue weighted by molar-refractivity contribution is 5.92. The third kappa shape index (κ3) is 3.63. The number of ether oxygens (including phenoxy) is 2. The van der Waals surface area contributed by atoms with Gasteiger partial charge in [-0.1, -0.05) is 0 Å². The van der Waals surface area contributed by atoms with E-state index in [-0.39, 0.29) is 5.91 Å². The lowest BCUT2D eigenvalue weighted by Crippen LogP contribution is -2.56. The molecule has 0 radical (unpaired) electrons. The van der Waals surface area contributed by atoms with E-state index in [0.717, 1.165) is 17.0 Å². The second kappa shape index (κ2) is 7.25. The number of nitrogens with zero attached hydrogens (tertiary/aromatic N) is 3. The number of aliphatic hydroxyl groups excluding tert-OH is 1. The number of methoxy groups -OCH3 is 1. The van der Waals surface area contributed by atoms with Crippen molar-refractivity contribution < 1.29 is 19.4 Å². The highest BCUT2D eigenvalue weighted by atomic mass is 16.5. The van der Waals surface area contributed by atoms with Crippen molar-refractivity contribution in [2.75, 3.05) is 27.4 Å². The predicted molar refractivity (Wildman–Crippen MR) is 85.9 cm³/mol. The molecule has 1 amide bonds. The maximum absolute atomic E-state index is 12.4. The molecule has 2 heterocycles. The molecule has 1 aromatic heterocycles. The summed E-state index contributed by atoms with van der Waals surface area (Å²) in [7, 11) is 5.05. The minimum absolute atomic E-state index is 0.197. The number of carbonyl (C=O) groups is 1. The van der Waals surface area contributed by atoms with Crippen molar-refractivity contribution in [1.82, 2.24) is 14.7 Å². The zero-order chi connectivity index (χ0) is 17.1. The molecule has 0 spiro atoms. The minimum Gasteiger partial charge on any atom is -0.388 e. The first kappa shape index (κ1) is 17.7. The van der Waals surface area contributed by atoms with Gasteiger partial charge in [0.1, 0.15) is 12.2 Å². The topological polar surface area (TPSA) is 76.8 Å². The molecule has 2 rings (SSSR count). The molecule has 1 saturated heterocycles. The predicted octanol–water partition coefficient (Wildman–Crippen LogP) is 0.283. The fourth-order valence-corrected chi connectivity index (χ4v) is 2.77. The highest BCUT2D eigenvalue weighted by Crippen LogP contribution is 2.17. The first-order chi connectivity index (χ1) is 10.9. The van der Waals surface area contributed by atoms with Gasteiger partial charge in [-0.3, -0.25) is 9.48 Å². The van der Waals surface area contributed by atoms with Gasteiger partial charge >= 0.3 is 0 Å². The van der Waals surface area contributed by atoms with Crippen molar-refractivity contribution >= 4 is 12.0 Å². The van der Waals surface area contributed by atoms with Crippen LogP contribution in [0.2, 0.25) is 0 Å². The number of aromatic nitrogens is 2. The SMILES string of the molecule is CO[C@@H]1COC[C@@H](N(C)C(=O)/C=C/c2c(C)nn(C)c2C)[C@@H]1O. The van der Waals surface area contributed by atoms with E-state index in [4.69, 9.17) is 9.47 Å². The molecule has 1 aliphatic rings. The van der Waals surface area contributed by atoms with Gasteiger partial charge < -0.3 is 19.5 Å². The van der Waals surface area contributed by atoms with Crippen molar-refractivity contribution in [1.29, 1.82) is 0 Å². The Bertz CT molecular complexity index is 596. The Labute approximate surface area is 136 Å². The number of rotatable bonds is 4. The second-order valence-electron chi connectivity index (χ2n) is 5.86. The Balaban J connectivity index is 2.09. The van der Waals surface area contributed by atoms with Crippen LogP contribution in [-0.4, -0.2) is 71.3 Å². The van der Waals surface area contributed by atoms with Crippen LogP contribution in [0.4, 0.5) is 0 Å². The van der Waals surface area contributed by atoms with Crippen LogP contribution in [0.5, 0.6) is 0 Å². The quantitative estimate of drug-likeness (QED) is 0.806. The lowest BCUT2D eigenvalue weighted by molar-refractivity contribution is -0.154. The summed E-state index contributed by atoms with van der Waals surface area (Å²) < 4.78 is 12.4. The van der Waals surface area contributed by atoms with E-state index in [1.807, 2.05) is 20.9 Å². The smallest absolute Gasteiger partial charge is 0.246 e. The molecule has 1 aromatic rings. The Hall–Kier alpha value is -1.70. The monoisotopic (exact) mass is 323 g/mol. The van der Waals surface area contributed by atoms with Crippen LogP contribution in [0.3, 0.4) is 0 Å². The van der Waals surface area contributed by atoms with Gasteiger partial charge in [0, 0.05) is 38.5 Å². The number of hydrogen-bond acceptors (Lipinski definition) is 5. The summed E-state index contributed by atoms with van der Waals surface area (Å²) in [6.45, 7) is 4.49. The van der Waals surface area contributed by atoms with Gasteiger partial charge in [-0.25, -0.2) is 0 Å². The van der Waals surface area contributed by atoms with E-state index in [1.165, 1.54) is 18.1 Å². The Kier molecular flexibility index (Phi) is 5.56. The number of aryl methyl sites for hydroxylation is 2. The van der Waals surface area contributed by atoms with Crippen molar-refractivity contribution in [2.24, 2.45) is 7.05 Å². The number of aliphatic hydroxyl groups is 1. The maximum atomic E-state index is 12.4. The van der Waals surface area contributed by atoms with Gasteiger partial charge in [0.15, 0.2) is 0 Å². The molecular weight excluding hydrogens is 298 g/mol. The van der Waals surface area contributed by atoms with Crippen LogP contribution in [0.1, 0.15) is 17.0 Å². The van der Waals surface area contributed by atoms with Gasteiger partial charge in [0.05, 0.1) is 24.9 Å². The zero-order valence-corrected chi connectivity index (χ0v) is 14.3. The molecule has 7 nitrogen and oxygen atoms in total. The molecule has 0 aliphatic carbocycles. The highest BCUT2D eigenvalue weighted by Gasteiger charge is 2.36. The zero-order valence-electron chi connectivity index (χ0n) is 14.3. The normalized spacial score (nSPS) is 25.0. The maximum Gasteiger partial charge on any atom is 0.246 e. The van der Waals surface area contributed by atoms with Gasteiger partial charge in [-0.15, -0.1) is 0 Å². The minimum atomic E-state index is -0.766. The van der Waals surface area contributed by atoms with Gasteiger partial charge in [0.25, 0.3) is 0 Å². The standard InChI is InChI=1S/C16H25N3O4/c1-10-12(11(2)19(4)17-10)6-7-15(20)18(3)13-8-23-9-14(22-5)16(13)21/h6-7,13-14,16,21H,8-9H2,1-5H3/b7-6+/t13-,14-,16+/m1/s1. The molecule has 0 bridgehead atoms. The van der Waals surface area contributed by atoms with E-state index in [9.17, 15) is 9.90 Å². The van der Waals surface area contributed by atoms with Crippen LogP contribution in [-0.2, 0) is 21.3 Å². The molecule has 3 atom stereocenters. The van der Waals surface area contributed by atoms with E-state index >= 15 is 0 Å². The fraction of sp³-hybridized carbons (Fsp3) is 0.625. The van der Waals surface area contributed by atoms with Gasteiger partial charge in [0.2, 0.25) is 5.91 Å². The number of carbonyl (C=O) groups excluding carboxylic acids is 1. The van der Waals surface area contributed by atoms with Crippen LogP contribution in [0.15, 0.2) is 6.08 Å². The molecule has 1 aliphatic heterocycles. The van der Waals surface area contributed by atoms with Crippen molar-refractivity contribution in [3.8, 4) is 0 Å². The summed E-state index contributed by atoms with van der Waals surface area (Å²) in [6.07, 6.45) is 2.08. The van der Waals surface area contributed by atoms with Crippen molar-refractivity contribution in [2.45, 2.75) is 32.1 Å². The van der Waals surface area contributed by atoms with Crippen LogP contribution < -0.4 is 0 Å². The van der Waals surface area contributed by atoms with Crippen LogP contribution in [0, 0.1) is 13.8 Å². The molecule has 23 heavy (non-hydrogen) atoms. The molecule has 0 unspecified atom stereocenters. The summed E-state index contributed by atoms with van der Waals surface area (Å²) >= 11 is 0. The van der Waals surface area contributed by atoms with Gasteiger partial charge in [-0.05, 0) is 19.9 Å². The van der Waals surface area contributed by atoms with E-state index < -0.39 is 18.2 Å². The largest absolute Gasteiger partial charge is 0.388 e. The molecule has 1 fully saturated rings. The van der Waals surface area contributed by atoms with E-state index in [0.29, 0.717) is 13.2 Å². The second-order valence-corrected chi connectivity index (χ2v) is 5.86. The third-order valence-electron chi connectivity index (χ3n) is 4.45. The first-order valence-electron chi connectivity index (χ1n) is 7.60. The lowest BCUT2D eigenvalue weighted by atomic mass is 10.0. The summed E-state index contributed by atoms with van der Waals surface area (Å²) in [6, 6.07) is -0.429. The Morgan fingerprint density at radius 3 is 2.74 bits per heavy atom. The summed E-state index contributed by atoms with van der Waals surface area (Å²) in [5, 5.41) is 14.6. The molecule has 128 valence electrons.